The Morgan fingerprint density at radius 2 is 2.18 bits per heavy atom. The minimum absolute atomic E-state index is 0.484. The quantitative estimate of drug-likeness (QED) is 0.936. The highest BCUT2D eigenvalue weighted by molar-refractivity contribution is 9.10. The van der Waals surface area contributed by atoms with E-state index >= 15 is 0 Å². The first kappa shape index (κ1) is 12.6. The molecule has 0 radical (unpaired) electrons. The number of hydrogen-bond acceptors (Lipinski definition) is 2. The lowest BCUT2D eigenvalue weighted by atomic mass is 10.0. The average Bonchev–Trinajstić information content (AvgIpc) is 2.34. The third-order valence-corrected chi connectivity index (χ3v) is 3.34. The Labute approximate surface area is 113 Å². The minimum atomic E-state index is -0.581. The van der Waals surface area contributed by atoms with Crippen LogP contribution in [0.2, 0.25) is 5.02 Å². The molecule has 88 valence electrons. The molecule has 0 aliphatic heterocycles. The Kier molecular flexibility index (Phi) is 4.15. The highest BCUT2D eigenvalue weighted by Crippen LogP contribution is 2.25. The summed E-state index contributed by atoms with van der Waals surface area (Å²) in [7, 11) is 0. The number of aliphatic hydroxyl groups excluding tert-OH is 1. The number of benzene rings is 1. The molecule has 2 rings (SSSR count). The highest BCUT2D eigenvalue weighted by Gasteiger charge is 2.10. The maximum Gasteiger partial charge on any atom is 0.0845 e. The van der Waals surface area contributed by atoms with Gasteiger partial charge in [0.2, 0.25) is 0 Å². The van der Waals surface area contributed by atoms with Crippen molar-refractivity contribution in [3.63, 3.8) is 0 Å². The van der Waals surface area contributed by atoms with E-state index in [0.29, 0.717) is 11.4 Å². The van der Waals surface area contributed by atoms with E-state index in [1.807, 2.05) is 30.3 Å². The lowest BCUT2D eigenvalue weighted by Gasteiger charge is -2.11. The van der Waals surface area contributed by atoms with Crippen molar-refractivity contribution in [2.75, 3.05) is 0 Å². The van der Waals surface area contributed by atoms with Gasteiger partial charge < -0.3 is 5.11 Å². The molecule has 4 heteroatoms. The third kappa shape index (κ3) is 3.28. The topological polar surface area (TPSA) is 33.1 Å². The van der Waals surface area contributed by atoms with Crippen molar-refractivity contribution < 1.29 is 5.11 Å². The fraction of sp³-hybridized carbons (Fsp3) is 0.154. The summed E-state index contributed by atoms with van der Waals surface area (Å²) in [5.74, 6) is 0. The molecule has 1 aromatic carbocycles. The molecule has 1 atom stereocenters. The molecule has 0 aliphatic carbocycles. The van der Waals surface area contributed by atoms with E-state index in [-0.39, 0.29) is 0 Å². The Hall–Kier alpha value is -0.900. The Balaban J connectivity index is 2.16. The first-order valence-corrected chi connectivity index (χ1v) is 6.36. The van der Waals surface area contributed by atoms with E-state index in [4.69, 9.17) is 11.6 Å². The van der Waals surface area contributed by atoms with Crippen LogP contribution in [0.4, 0.5) is 0 Å². The maximum absolute atomic E-state index is 10.1. The molecular weight excluding hydrogens is 302 g/mol. The SMILES string of the molecule is OC(Cc1ccc(Br)cc1Cl)c1cccnc1. The Morgan fingerprint density at radius 3 is 2.82 bits per heavy atom. The van der Waals surface area contributed by atoms with Crippen molar-refractivity contribution in [2.24, 2.45) is 0 Å². The van der Waals surface area contributed by atoms with Gasteiger partial charge in [0.15, 0.2) is 0 Å². The molecule has 0 amide bonds. The molecule has 0 fully saturated rings. The number of rotatable bonds is 3. The Morgan fingerprint density at radius 1 is 1.35 bits per heavy atom. The normalized spacial score (nSPS) is 12.4. The number of halogens is 2. The summed E-state index contributed by atoms with van der Waals surface area (Å²) in [6, 6.07) is 9.31. The van der Waals surface area contributed by atoms with Gasteiger partial charge in [-0.25, -0.2) is 0 Å². The molecule has 1 heterocycles. The summed E-state index contributed by atoms with van der Waals surface area (Å²) in [6.45, 7) is 0. The maximum atomic E-state index is 10.1. The molecule has 0 aliphatic rings. The zero-order valence-electron chi connectivity index (χ0n) is 8.98. The zero-order valence-corrected chi connectivity index (χ0v) is 11.3. The fourth-order valence-corrected chi connectivity index (χ4v) is 2.34. The van der Waals surface area contributed by atoms with E-state index in [2.05, 4.69) is 20.9 Å². The smallest absolute Gasteiger partial charge is 0.0845 e. The van der Waals surface area contributed by atoms with E-state index in [0.717, 1.165) is 15.6 Å². The van der Waals surface area contributed by atoms with Crippen LogP contribution in [0.5, 0.6) is 0 Å². The predicted molar refractivity (Wildman–Crippen MR) is 72.1 cm³/mol. The van der Waals surface area contributed by atoms with Crippen LogP contribution in [0, 0.1) is 0 Å². The molecule has 0 saturated carbocycles. The Bertz CT molecular complexity index is 504. The molecule has 0 saturated heterocycles. The molecule has 17 heavy (non-hydrogen) atoms. The molecule has 0 bridgehead atoms. The second-order valence-corrected chi connectivity index (χ2v) is 5.06. The average molecular weight is 313 g/mol. The summed E-state index contributed by atoms with van der Waals surface area (Å²) in [6.07, 6.45) is 3.25. The van der Waals surface area contributed by atoms with Gasteiger partial charge in [-0.1, -0.05) is 39.7 Å². The molecule has 2 aromatic rings. The van der Waals surface area contributed by atoms with Gasteiger partial charge in [-0.15, -0.1) is 0 Å². The number of aliphatic hydroxyl groups is 1. The van der Waals surface area contributed by atoms with Crippen LogP contribution < -0.4 is 0 Å². The van der Waals surface area contributed by atoms with Gasteiger partial charge in [0.25, 0.3) is 0 Å². The first-order chi connectivity index (χ1) is 8.16. The molecule has 1 unspecified atom stereocenters. The van der Waals surface area contributed by atoms with Crippen LogP contribution in [-0.2, 0) is 6.42 Å². The van der Waals surface area contributed by atoms with Crippen LogP contribution in [0.15, 0.2) is 47.2 Å². The van der Waals surface area contributed by atoms with E-state index in [1.165, 1.54) is 0 Å². The van der Waals surface area contributed by atoms with Crippen molar-refractivity contribution in [1.82, 2.24) is 4.98 Å². The zero-order chi connectivity index (χ0) is 12.3. The minimum Gasteiger partial charge on any atom is -0.388 e. The van der Waals surface area contributed by atoms with Gasteiger partial charge >= 0.3 is 0 Å². The third-order valence-electron chi connectivity index (χ3n) is 2.50. The van der Waals surface area contributed by atoms with E-state index in [9.17, 15) is 5.11 Å². The fourth-order valence-electron chi connectivity index (χ4n) is 1.59. The van der Waals surface area contributed by atoms with Gasteiger partial charge in [-0.05, 0) is 29.3 Å². The summed E-state index contributed by atoms with van der Waals surface area (Å²) < 4.78 is 0.933. The van der Waals surface area contributed by atoms with Gasteiger partial charge in [-0.2, -0.15) is 0 Å². The van der Waals surface area contributed by atoms with Crippen molar-refractivity contribution in [3.8, 4) is 0 Å². The summed E-state index contributed by atoms with van der Waals surface area (Å²) in [4.78, 5) is 3.98. The predicted octanol–water partition coefficient (Wildman–Crippen LogP) is 3.77. The largest absolute Gasteiger partial charge is 0.388 e. The highest BCUT2D eigenvalue weighted by atomic mass is 79.9. The summed E-state index contributed by atoms with van der Waals surface area (Å²) >= 11 is 9.45. The molecule has 2 nitrogen and oxygen atoms in total. The number of nitrogens with zero attached hydrogens (tertiary/aromatic N) is 1. The van der Waals surface area contributed by atoms with Crippen LogP contribution in [-0.4, -0.2) is 10.1 Å². The van der Waals surface area contributed by atoms with Crippen LogP contribution >= 0.6 is 27.5 Å². The lowest BCUT2D eigenvalue weighted by molar-refractivity contribution is 0.178. The van der Waals surface area contributed by atoms with Crippen molar-refractivity contribution in [2.45, 2.75) is 12.5 Å². The lowest BCUT2D eigenvalue weighted by Crippen LogP contribution is -2.02. The van der Waals surface area contributed by atoms with Crippen molar-refractivity contribution in [1.29, 1.82) is 0 Å². The number of aromatic nitrogens is 1. The van der Waals surface area contributed by atoms with Crippen molar-refractivity contribution in [3.05, 3.63) is 63.3 Å². The molecular formula is C13H11BrClNO. The van der Waals surface area contributed by atoms with Crippen LogP contribution in [0.3, 0.4) is 0 Å². The molecule has 1 aromatic heterocycles. The number of hydrogen-bond donors (Lipinski definition) is 1. The second kappa shape index (κ2) is 5.63. The van der Waals surface area contributed by atoms with E-state index < -0.39 is 6.10 Å². The van der Waals surface area contributed by atoms with Crippen LogP contribution in [0.25, 0.3) is 0 Å². The van der Waals surface area contributed by atoms with Crippen molar-refractivity contribution >= 4 is 27.5 Å². The monoisotopic (exact) mass is 311 g/mol. The van der Waals surface area contributed by atoms with E-state index in [1.54, 1.807) is 12.4 Å². The standard InChI is InChI=1S/C13H11BrClNO/c14-11-4-3-9(12(15)7-11)6-13(17)10-2-1-5-16-8-10/h1-5,7-8,13,17H,6H2. The summed E-state index contributed by atoms with van der Waals surface area (Å²) in [5.41, 5.74) is 1.72. The molecule has 0 spiro atoms. The van der Waals surface area contributed by atoms with Gasteiger partial charge in [0.05, 0.1) is 6.10 Å². The van der Waals surface area contributed by atoms with Gasteiger partial charge in [-0.3, -0.25) is 4.98 Å². The van der Waals surface area contributed by atoms with Gasteiger partial charge in [0.1, 0.15) is 0 Å². The number of pyridine rings is 1. The second-order valence-electron chi connectivity index (χ2n) is 3.74. The van der Waals surface area contributed by atoms with Gasteiger partial charge in [0, 0.05) is 28.3 Å². The van der Waals surface area contributed by atoms with Crippen LogP contribution in [0.1, 0.15) is 17.2 Å². The first-order valence-electron chi connectivity index (χ1n) is 5.19. The summed E-state index contributed by atoms with van der Waals surface area (Å²) in [5, 5.41) is 10.7. The molecule has 1 N–H and O–H groups in total.